The van der Waals surface area contributed by atoms with Gasteiger partial charge in [0.2, 0.25) is 5.16 Å². The quantitative estimate of drug-likeness (QED) is 0.0974. The van der Waals surface area contributed by atoms with Gasteiger partial charge in [0.1, 0.15) is 23.1 Å². The summed E-state index contributed by atoms with van der Waals surface area (Å²) in [5.74, 6) is 2.56. The van der Waals surface area contributed by atoms with Crippen LogP contribution in [0.1, 0.15) is 11.1 Å². The number of imidazole rings is 2. The summed E-state index contributed by atoms with van der Waals surface area (Å²) < 4.78 is 54.6. The predicted octanol–water partition coefficient (Wildman–Crippen LogP) is 10.0. The van der Waals surface area contributed by atoms with Gasteiger partial charge in [0.25, 0.3) is 0 Å². The fraction of sp³-hybridized carbons (Fsp3) is 0.0455. The first-order chi connectivity index (χ1) is 28.9. The molecule has 290 valence electrons. The number of rotatable bonds is 10. The van der Waals surface area contributed by atoms with Crippen molar-refractivity contribution < 1.29 is 22.5 Å². The summed E-state index contributed by atoms with van der Waals surface area (Å²) in [4.78, 5) is 26.8. The molecule has 0 aliphatic rings. The van der Waals surface area contributed by atoms with Crippen LogP contribution in [-0.4, -0.2) is 42.9 Å². The summed E-state index contributed by atoms with van der Waals surface area (Å²) in [7, 11) is -1.38. The van der Waals surface area contributed by atoms with Crippen LogP contribution in [0.2, 0.25) is 0 Å². The first-order valence-corrected chi connectivity index (χ1v) is 20.5. The molecule has 0 fully saturated rings. The van der Waals surface area contributed by atoms with Gasteiger partial charge in [0, 0.05) is 53.7 Å². The molecule has 11 nitrogen and oxygen atoms in total. The summed E-state index contributed by atoms with van der Waals surface area (Å²) in [6.07, 6.45) is 10.3. The molecule has 1 atom stereocenters. The normalized spacial score (nSPS) is 11.8. The topological polar surface area (TPSA) is 122 Å². The number of ether oxygens (including phenoxy) is 2. The first-order valence-electron chi connectivity index (χ1n) is 18.1. The lowest BCUT2D eigenvalue weighted by Crippen LogP contribution is -2.04. The highest BCUT2D eigenvalue weighted by atomic mass is 32.2. The number of halogens is 2. The molecule has 1 unspecified atom stereocenters. The molecule has 15 heteroatoms. The number of aromatic nitrogens is 8. The molecular formula is C44H30F2N8O3S2. The Morgan fingerprint density at radius 3 is 1.64 bits per heavy atom. The third-order valence-corrected chi connectivity index (χ3v) is 11.1. The van der Waals surface area contributed by atoms with E-state index in [1.807, 2.05) is 65.2 Å². The van der Waals surface area contributed by atoms with Crippen LogP contribution in [0.15, 0.2) is 169 Å². The van der Waals surface area contributed by atoms with Gasteiger partial charge in [-0.15, -0.1) is 0 Å². The lowest BCUT2D eigenvalue weighted by atomic mass is 10.2. The van der Waals surface area contributed by atoms with Crippen LogP contribution in [0.4, 0.5) is 8.78 Å². The number of hydrogen-bond donors (Lipinski definition) is 0. The Labute approximate surface area is 341 Å². The lowest BCUT2D eigenvalue weighted by Gasteiger charge is -2.10. The second-order valence-electron chi connectivity index (χ2n) is 13.0. The highest BCUT2D eigenvalue weighted by Gasteiger charge is 2.16. The monoisotopic (exact) mass is 820 g/mol. The van der Waals surface area contributed by atoms with Gasteiger partial charge in [-0.25, -0.2) is 38.7 Å². The third-order valence-electron chi connectivity index (χ3n) is 8.94. The van der Waals surface area contributed by atoms with Crippen LogP contribution in [0.3, 0.4) is 0 Å². The molecule has 4 aromatic carbocycles. The van der Waals surface area contributed by atoms with Crippen LogP contribution in [0.5, 0.6) is 23.0 Å². The predicted molar refractivity (Wildman–Crippen MR) is 222 cm³/mol. The van der Waals surface area contributed by atoms with E-state index in [2.05, 4.69) is 37.1 Å². The van der Waals surface area contributed by atoms with Crippen molar-refractivity contribution in [2.24, 2.45) is 0 Å². The molecular weight excluding hydrogens is 791 g/mol. The van der Waals surface area contributed by atoms with Crippen molar-refractivity contribution in [2.75, 3.05) is 0 Å². The number of thioether (sulfide) groups is 1. The molecule has 0 radical (unpaired) electrons. The average molecular weight is 821 g/mol. The van der Waals surface area contributed by atoms with E-state index in [-0.39, 0.29) is 16.8 Å². The van der Waals surface area contributed by atoms with E-state index in [1.54, 1.807) is 77.5 Å². The van der Waals surface area contributed by atoms with Crippen molar-refractivity contribution in [3.8, 4) is 23.0 Å². The molecule has 59 heavy (non-hydrogen) atoms. The second kappa shape index (κ2) is 16.8. The lowest BCUT2D eigenvalue weighted by molar-refractivity contribution is 0.483. The zero-order valence-electron chi connectivity index (χ0n) is 30.8. The SMILES string of the molecule is Fc1ccc(Oc2cc3cnc(SCc4ccccc4)nc3n3ccnc23)cc1.O=S(Cc1ccccc1)c1ncc2cc(Oc3ccc(F)cc3)c3nccn3c2n1. The van der Waals surface area contributed by atoms with Crippen LogP contribution in [-0.2, 0) is 22.3 Å². The number of nitrogens with zero attached hydrogens (tertiary/aromatic N) is 8. The van der Waals surface area contributed by atoms with Crippen LogP contribution >= 0.6 is 11.8 Å². The first kappa shape index (κ1) is 37.5. The zero-order chi connectivity index (χ0) is 40.1. The molecule has 10 aromatic rings. The van der Waals surface area contributed by atoms with Crippen molar-refractivity contribution in [1.82, 2.24) is 38.7 Å². The maximum absolute atomic E-state index is 13.2. The van der Waals surface area contributed by atoms with Gasteiger partial charge in [0.15, 0.2) is 39.2 Å². The number of benzene rings is 4. The minimum absolute atomic E-state index is 0.258. The van der Waals surface area contributed by atoms with Crippen molar-refractivity contribution >= 4 is 55.9 Å². The summed E-state index contributed by atoms with van der Waals surface area (Å²) in [5, 5.41) is 2.49. The van der Waals surface area contributed by atoms with E-state index in [9.17, 15) is 13.0 Å². The Morgan fingerprint density at radius 2 is 1.08 bits per heavy atom. The minimum Gasteiger partial charge on any atom is -0.453 e. The molecule has 0 saturated heterocycles. The molecule has 0 spiro atoms. The van der Waals surface area contributed by atoms with Gasteiger partial charge in [-0.3, -0.25) is 13.0 Å². The molecule has 0 aliphatic carbocycles. The molecule has 0 N–H and O–H groups in total. The van der Waals surface area contributed by atoms with Crippen molar-refractivity contribution in [2.45, 2.75) is 21.8 Å². The Morgan fingerprint density at radius 1 is 0.576 bits per heavy atom. The molecule has 0 aliphatic heterocycles. The number of pyridine rings is 2. The van der Waals surface area contributed by atoms with Crippen molar-refractivity contribution in [1.29, 1.82) is 0 Å². The number of fused-ring (bicyclic) bond motifs is 6. The van der Waals surface area contributed by atoms with Crippen molar-refractivity contribution in [3.63, 3.8) is 0 Å². The maximum atomic E-state index is 13.2. The zero-order valence-corrected chi connectivity index (χ0v) is 32.4. The largest absolute Gasteiger partial charge is 0.453 e. The molecule has 6 aromatic heterocycles. The van der Waals surface area contributed by atoms with Crippen LogP contribution in [0.25, 0.3) is 33.4 Å². The smallest absolute Gasteiger partial charge is 0.220 e. The van der Waals surface area contributed by atoms with Crippen LogP contribution in [0, 0.1) is 11.6 Å². The molecule has 0 saturated carbocycles. The summed E-state index contributed by atoms with van der Waals surface area (Å²) in [5.41, 5.74) is 4.70. The standard InChI is InChI=1S/C22H15FN4O2S.C22H15FN4OS/c23-17-6-8-18(9-7-17)29-19-12-16-13-25-22(26-20(16)27-11-10-24-21(19)27)30(28)14-15-4-2-1-3-5-15;23-17-6-8-18(9-7-17)28-19-12-16-13-25-22(29-14-15-4-2-1-3-5-15)26-20(16)27-11-10-24-21(19)27/h1-13H,14H2;1-13H,14H2. The highest BCUT2D eigenvalue weighted by molar-refractivity contribution is 7.98. The fourth-order valence-electron chi connectivity index (χ4n) is 6.15. The van der Waals surface area contributed by atoms with E-state index >= 15 is 0 Å². The van der Waals surface area contributed by atoms with Gasteiger partial charge in [-0.05, 0) is 71.8 Å². The van der Waals surface area contributed by atoms with Crippen LogP contribution < -0.4 is 9.47 Å². The average Bonchev–Trinajstić information content (AvgIpc) is 3.98. The van der Waals surface area contributed by atoms with E-state index in [4.69, 9.17) is 14.5 Å². The van der Waals surface area contributed by atoms with Crippen molar-refractivity contribution in [3.05, 3.63) is 181 Å². The minimum atomic E-state index is -1.38. The number of hydrogen-bond acceptors (Lipinski definition) is 10. The van der Waals surface area contributed by atoms with E-state index in [1.165, 1.54) is 29.8 Å². The summed E-state index contributed by atoms with van der Waals surface area (Å²) in [6.45, 7) is 0. The van der Waals surface area contributed by atoms with Gasteiger partial charge in [-0.1, -0.05) is 72.4 Å². The molecule has 0 bridgehead atoms. The Hall–Kier alpha value is -7.10. The second-order valence-corrected chi connectivity index (χ2v) is 15.3. The van der Waals surface area contributed by atoms with E-state index in [0.717, 1.165) is 22.3 Å². The summed E-state index contributed by atoms with van der Waals surface area (Å²) >= 11 is 1.58. The van der Waals surface area contributed by atoms with Gasteiger partial charge in [-0.2, -0.15) is 0 Å². The van der Waals surface area contributed by atoms with E-state index < -0.39 is 10.8 Å². The summed E-state index contributed by atoms with van der Waals surface area (Å²) in [6, 6.07) is 35.1. The third kappa shape index (κ3) is 8.47. The Balaban J connectivity index is 0.000000152. The maximum Gasteiger partial charge on any atom is 0.220 e. The molecule has 10 rings (SSSR count). The molecule has 0 amide bonds. The highest BCUT2D eigenvalue weighted by Crippen LogP contribution is 2.32. The fourth-order valence-corrected chi connectivity index (χ4v) is 7.90. The molecule has 6 heterocycles. The Bertz CT molecular complexity index is 3080. The van der Waals surface area contributed by atoms with E-state index in [0.29, 0.717) is 56.2 Å². The Kier molecular flexibility index (Phi) is 10.7. The van der Waals surface area contributed by atoms with Gasteiger partial charge >= 0.3 is 0 Å². The van der Waals surface area contributed by atoms with Gasteiger partial charge < -0.3 is 9.47 Å². The van der Waals surface area contributed by atoms with Gasteiger partial charge in [0.05, 0.1) is 16.6 Å².